The van der Waals surface area contributed by atoms with Gasteiger partial charge >= 0.3 is 5.97 Å². The van der Waals surface area contributed by atoms with Gasteiger partial charge in [-0.2, -0.15) is 0 Å². The van der Waals surface area contributed by atoms with Crippen molar-refractivity contribution in [1.29, 1.82) is 0 Å². The average molecular weight is 220 g/mol. The van der Waals surface area contributed by atoms with Gasteiger partial charge in [0.05, 0.1) is 12.7 Å². The number of esters is 1. The number of aliphatic hydroxyl groups excluding tert-OH is 1. The van der Waals surface area contributed by atoms with E-state index < -0.39 is 0 Å². The van der Waals surface area contributed by atoms with Gasteiger partial charge in [-0.15, -0.1) is 0 Å². The first-order valence-corrected chi connectivity index (χ1v) is 5.36. The lowest BCUT2D eigenvalue weighted by atomic mass is 10.00. The van der Waals surface area contributed by atoms with Gasteiger partial charge < -0.3 is 9.84 Å². The fourth-order valence-electron chi connectivity index (χ4n) is 1.40. The number of carbonyl (C=O) groups is 1. The highest BCUT2D eigenvalue weighted by molar-refractivity contribution is 5.92. The van der Waals surface area contributed by atoms with Gasteiger partial charge in [-0.1, -0.05) is 17.9 Å². The number of methoxy groups -OCH3 is 1. The summed E-state index contributed by atoms with van der Waals surface area (Å²) in [5.74, 6) is 5.68. The first-order chi connectivity index (χ1) is 7.77. The van der Waals surface area contributed by atoms with Crippen LogP contribution in [0.4, 0.5) is 0 Å². The van der Waals surface area contributed by atoms with Gasteiger partial charge in [0, 0.05) is 18.6 Å². The fourth-order valence-corrected chi connectivity index (χ4v) is 1.40. The molecule has 0 aromatic carbocycles. The van der Waals surface area contributed by atoms with E-state index in [9.17, 15) is 4.79 Å². The third-order valence-electron chi connectivity index (χ3n) is 2.24. The standard InChI is InChI=1S/C13H16O3/c1-16-13(15)12-8-5-7-11(10-12)6-3-2-4-9-14/h8,10,14H,2,4-5,7,9H2,1H3. The first-order valence-electron chi connectivity index (χ1n) is 5.36. The van der Waals surface area contributed by atoms with Crippen molar-refractivity contribution < 1.29 is 14.6 Å². The predicted octanol–water partition coefficient (Wildman–Crippen LogP) is 1.58. The summed E-state index contributed by atoms with van der Waals surface area (Å²) in [6.07, 6.45) is 6.72. The first kappa shape index (κ1) is 12.5. The van der Waals surface area contributed by atoms with Crippen molar-refractivity contribution in [2.45, 2.75) is 25.7 Å². The lowest BCUT2D eigenvalue weighted by molar-refractivity contribution is -0.135. The van der Waals surface area contributed by atoms with Gasteiger partial charge in [0.15, 0.2) is 0 Å². The predicted molar refractivity (Wildman–Crippen MR) is 61.5 cm³/mol. The molecule has 86 valence electrons. The number of unbranched alkanes of at least 4 members (excludes halogenated alkanes) is 1. The largest absolute Gasteiger partial charge is 0.465 e. The molecule has 1 rings (SSSR count). The average Bonchev–Trinajstić information content (AvgIpc) is 2.34. The molecule has 0 aromatic rings. The van der Waals surface area contributed by atoms with E-state index in [1.807, 2.05) is 6.08 Å². The normalized spacial score (nSPS) is 14.4. The van der Waals surface area contributed by atoms with Crippen LogP contribution in [0.25, 0.3) is 0 Å². The molecule has 0 aliphatic heterocycles. The van der Waals surface area contributed by atoms with Crippen molar-refractivity contribution in [3.05, 3.63) is 23.3 Å². The number of ether oxygens (including phenoxy) is 1. The molecule has 0 unspecified atom stereocenters. The smallest absolute Gasteiger partial charge is 0.337 e. The quantitative estimate of drug-likeness (QED) is 0.446. The van der Waals surface area contributed by atoms with Gasteiger partial charge in [0.25, 0.3) is 0 Å². The van der Waals surface area contributed by atoms with Crippen LogP contribution < -0.4 is 0 Å². The van der Waals surface area contributed by atoms with E-state index in [1.54, 1.807) is 6.08 Å². The van der Waals surface area contributed by atoms with Crippen molar-refractivity contribution >= 4 is 5.97 Å². The fraction of sp³-hybridized carbons (Fsp3) is 0.462. The minimum Gasteiger partial charge on any atom is -0.465 e. The maximum atomic E-state index is 11.3. The summed E-state index contributed by atoms with van der Waals surface area (Å²) in [6.45, 7) is 0.168. The van der Waals surface area contributed by atoms with Crippen molar-refractivity contribution in [3.8, 4) is 11.8 Å². The second-order valence-electron chi connectivity index (χ2n) is 3.49. The van der Waals surface area contributed by atoms with Gasteiger partial charge in [-0.05, 0) is 25.3 Å². The van der Waals surface area contributed by atoms with Gasteiger partial charge in [-0.3, -0.25) is 0 Å². The molecule has 0 atom stereocenters. The summed E-state index contributed by atoms with van der Waals surface area (Å²) in [6, 6.07) is 0. The lowest BCUT2D eigenvalue weighted by Crippen LogP contribution is -2.05. The number of carbonyl (C=O) groups excluding carboxylic acids is 1. The Morgan fingerprint density at radius 1 is 1.62 bits per heavy atom. The van der Waals surface area contributed by atoms with E-state index in [4.69, 9.17) is 5.11 Å². The van der Waals surface area contributed by atoms with E-state index in [0.29, 0.717) is 18.4 Å². The molecular formula is C13H16O3. The minimum atomic E-state index is -0.311. The highest BCUT2D eigenvalue weighted by Gasteiger charge is 2.10. The highest BCUT2D eigenvalue weighted by Crippen LogP contribution is 2.17. The molecule has 0 bridgehead atoms. The minimum absolute atomic E-state index is 0.168. The summed E-state index contributed by atoms with van der Waals surface area (Å²) in [7, 11) is 1.37. The summed E-state index contributed by atoms with van der Waals surface area (Å²) >= 11 is 0. The van der Waals surface area contributed by atoms with E-state index in [-0.39, 0.29) is 12.6 Å². The Hall–Kier alpha value is -1.53. The van der Waals surface area contributed by atoms with Crippen molar-refractivity contribution in [2.75, 3.05) is 13.7 Å². The van der Waals surface area contributed by atoms with Crippen LogP contribution in [0.1, 0.15) is 25.7 Å². The molecule has 0 fully saturated rings. The molecule has 3 nitrogen and oxygen atoms in total. The molecule has 0 spiro atoms. The SMILES string of the molecule is COC(=O)C1=CCCC(C#CCCCO)=C1. The molecule has 0 saturated heterocycles. The molecule has 1 aliphatic carbocycles. The molecule has 0 radical (unpaired) electrons. The molecule has 16 heavy (non-hydrogen) atoms. The number of allylic oxidation sites excluding steroid dienone is 2. The number of rotatable bonds is 3. The van der Waals surface area contributed by atoms with Crippen LogP contribution in [0.3, 0.4) is 0 Å². The maximum absolute atomic E-state index is 11.3. The highest BCUT2D eigenvalue weighted by atomic mass is 16.5. The second-order valence-corrected chi connectivity index (χ2v) is 3.49. The van der Waals surface area contributed by atoms with Gasteiger partial charge in [-0.25, -0.2) is 4.79 Å². The van der Waals surface area contributed by atoms with Crippen LogP contribution in [0, 0.1) is 11.8 Å². The Morgan fingerprint density at radius 2 is 2.44 bits per heavy atom. The zero-order valence-electron chi connectivity index (χ0n) is 9.45. The molecule has 0 amide bonds. The lowest BCUT2D eigenvalue weighted by Gasteiger charge is -2.07. The van der Waals surface area contributed by atoms with Crippen molar-refractivity contribution in [2.24, 2.45) is 0 Å². The van der Waals surface area contributed by atoms with Crippen LogP contribution in [0.5, 0.6) is 0 Å². The zero-order chi connectivity index (χ0) is 11.8. The number of hydrogen-bond donors (Lipinski definition) is 1. The molecule has 0 heterocycles. The Balaban J connectivity index is 2.60. The van der Waals surface area contributed by atoms with Gasteiger partial charge in [0.1, 0.15) is 0 Å². The van der Waals surface area contributed by atoms with E-state index in [2.05, 4.69) is 16.6 Å². The Morgan fingerprint density at radius 3 is 3.12 bits per heavy atom. The molecule has 0 aromatic heterocycles. The van der Waals surface area contributed by atoms with Crippen LogP contribution in [-0.4, -0.2) is 24.8 Å². The summed E-state index contributed by atoms with van der Waals surface area (Å²) in [5, 5.41) is 8.60. The summed E-state index contributed by atoms with van der Waals surface area (Å²) in [4.78, 5) is 11.3. The zero-order valence-corrected chi connectivity index (χ0v) is 9.45. The maximum Gasteiger partial charge on any atom is 0.337 e. The Kier molecular flexibility index (Phi) is 5.38. The third kappa shape index (κ3) is 3.92. The third-order valence-corrected chi connectivity index (χ3v) is 2.24. The molecule has 0 saturated carbocycles. The molecule has 3 heteroatoms. The van der Waals surface area contributed by atoms with E-state index >= 15 is 0 Å². The molecule has 1 aliphatic rings. The van der Waals surface area contributed by atoms with Crippen LogP contribution in [-0.2, 0) is 9.53 Å². The Bertz CT molecular complexity index is 366. The van der Waals surface area contributed by atoms with E-state index in [0.717, 1.165) is 18.4 Å². The van der Waals surface area contributed by atoms with Crippen LogP contribution >= 0.6 is 0 Å². The summed E-state index contributed by atoms with van der Waals surface area (Å²) < 4.78 is 4.65. The van der Waals surface area contributed by atoms with Gasteiger partial charge in [0.2, 0.25) is 0 Å². The summed E-state index contributed by atoms with van der Waals surface area (Å²) in [5.41, 5.74) is 1.54. The van der Waals surface area contributed by atoms with Crippen LogP contribution in [0.15, 0.2) is 23.3 Å². The van der Waals surface area contributed by atoms with E-state index in [1.165, 1.54) is 7.11 Å². The number of hydrogen-bond acceptors (Lipinski definition) is 3. The van der Waals surface area contributed by atoms with Crippen molar-refractivity contribution in [3.63, 3.8) is 0 Å². The van der Waals surface area contributed by atoms with Crippen LogP contribution in [0.2, 0.25) is 0 Å². The second kappa shape index (κ2) is 6.86. The number of aliphatic hydroxyl groups is 1. The van der Waals surface area contributed by atoms with Crippen molar-refractivity contribution in [1.82, 2.24) is 0 Å². The Labute approximate surface area is 95.8 Å². The molecule has 1 N–H and O–H groups in total. The molecular weight excluding hydrogens is 204 g/mol. The monoisotopic (exact) mass is 220 g/mol. The topological polar surface area (TPSA) is 46.5 Å².